The molecule has 1 aliphatic carbocycles. The Hall–Kier alpha value is -3.94. The maximum atomic E-state index is 12.8. The Bertz CT molecular complexity index is 1270. The number of fused-ring (bicyclic) bond motifs is 1. The summed E-state index contributed by atoms with van der Waals surface area (Å²) in [7, 11) is 3.07. The molecule has 8 nitrogen and oxygen atoms in total. The fourth-order valence-electron chi connectivity index (χ4n) is 4.03. The predicted molar refractivity (Wildman–Crippen MR) is 123 cm³/mol. The predicted octanol–water partition coefficient (Wildman–Crippen LogP) is 3.78. The molecular formula is C25H25N3O5. The Morgan fingerprint density at radius 2 is 1.76 bits per heavy atom. The van der Waals surface area contributed by atoms with Crippen LogP contribution in [0.5, 0.6) is 11.5 Å². The summed E-state index contributed by atoms with van der Waals surface area (Å²) in [5.41, 5.74) is 2.45. The van der Waals surface area contributed by atoms with Crippen molar-refractivity contribution in [2.24, 2.45) is 5.41 Å². The minimum absolute atomic E-state index is 0.311. The largest absolute Gasteiger partial charge is 0.497 e. The molecule has 0 fully saturated rings. The molecule has 0 unspecified atom stereocenters. The number of carbonyl (C=O) groups excluding carboxylic acids is 3. The molecule has 1 amide bonds. The smallest absolute Gasteiger partial charge is 0.255 e. The van der Waals surface area contributed by atoms with Crippen molar-refractivity contribution in [2.45, 2.75) is 27.2 Å². The molecule has 0 atom stereocenters. The molecule has 2 aromatic carbocycles. The first-order chi connectivity index (χ1) is 15.7. The van der Waals surface area contributed by atoms with Gasteiger partial charge in [0.1, 0.15) is 11.5 Å². The van der Waals surface area contributed by atoms with Crippen molar-refractivity contribution in [3.8, 4) is 17.2 Å². The van der Waals surface area contributed by atoms with Gasteiger partial charge in [0.2, 0.25) is 11.6 Å². The molecule has 8 heteroatoms. The standard InChI is InChI=1S/C25H25N3O5/c1-14-21-19(13-25(2,3)23(30)22(21)29)28(27-14)16-8-6-15(7-9-16)24(31)26-18-12-17(32-4)10-11-20(18)33-5/h6-12H,13H2,1-5H3,(H,26,31). The van der Waals surface area contributed by atoms with Crippen molar-refractivity contribution in [1.29, 1.82) is 0 Å². The highest BCUT2D eigenvalue weighted by molar-refractivity contribution is 6.46. The van der Waals surface area contributed by atoms with Crippen LogP contribution in [0.2, 0.25) is 0 Å². The van der Waals surface area contributed by atoms with Gasteiger partial charge in [-0.2, -0.15) is 5.10 Å². The molecule has 0 saturated heterocycles. The molecule has 33 heavy (non-hydrogen) atoms. The molecule has 0 aliphatic heterocycles. The fraction of sp³-hybridized carbons (Fsp3) is 0.280. The van der Waals surface area contributed by atoms with Gasteiger partial charge in [0.05, 0.1) is 42.5 Å². The zero-order valence-corrected chi connectivity index (χ0v) is 19.2. The van der Waals surface area contributed by atoms with Crippen molar-refractivity contribution >= 4 is 23.2 Å². The number of rotatable bonds is 5. The van der Waals surface area contributed by atoms with Gasteiger partial charge in [0.15, 0.2) is 0 Å². The summed E-state index contributed by atoms with van der Waals surface area (Å²) in [6.07, 6.45) is 0.408. The summed E-state index contributed by atoms with van der Waals surface area (Å²) < 4.78 is 12.2. The van der Waals surface area contributed by atoms with E-state index in [0.717, 1.165) is 0 Å². The van der Waals surface area contributed by atoms with Crippen LogP contribution >= 0.6 is 0 Å². The second-order valence-electron chi connectivity index (χ2n) is 8.61. The van der Waals surface area contributed by atoms with Gasteiger partial charge in [-0.3, -0.25) is 14.4 Å². The van der Waals surface area contributed by atoms with Crippen molar-refractivity contribution < 1.29 is 23.9 Å². The van der Waals surface area contributed by atoms with Gasteiger partial charge in [0, 0.05) is 23.5 Å². The maximum Gasteiger partial charge on any atom is 0.255 e. The third kappa shape index (κ3) is 3.88. The molecule has 0 spiro atoms. The first-order valence-corrected chi connectivity index (χ1v) is 10.5. The van der Waals surface area contributed by atoms with E-state index in [9.17, 15) is 14.4 Å². The molecule has 4 rings (SSSR count). The number of ketones is 2. The molecule has 1 heterocycles. The lowest BCUT2D eigenvalue weighted by Gasteiger charge is -2.27. The molecule has 0 saturated carbocycles. The van der Waals surface area contributed by atoms with E-state index in [1.807, 2.05) is 0 Å². The van der Waals surface area contributed by atoms with Gasteiger partial charge in [-0.1, -0.05) is 13.8 Å². The summed E-state index contributed by atoms with van der Waals surface area (Å²) >= 11 is 0. The Labute approximate surface area is 191 Å². The molecule has 170 valence electrons. The average molecular weight is 447 g/mol. The van der Waals surface area contributed by atoms with Gasteiger partial charge in [-0.25, -0.2) is 4.68 Å². The van der Waals surface area contributed by atoms with E-state index in [0.29, 0.717) is 51.8 Å². The Balaban J connectivity index is 1.63. The minimum atomic E-state index is -0.788. The second kappa shape index (κ2) is 8.20. The number of hydrogen-bond acceptors (Lipinski definition) is 6. The number of aromatic nitrogens is 2. The number of aryl methyl sites for hydroxylation is 1. The first-order valence-electron chi connectivity index (χ1n) is 10.5. The normalized spacial score (nSPS) is 14.6. The topological polar surface area (TPSA) is 99.5 Å². The average Bonchev–Trinajstić information content (AvgIpc) is 3.12. The van der Waals surface area contributed by atoms with Gasteiger partial charge >= 0.3 is 0 Å². The zero-order chi connectivity index (χ0) is 23.9. The van der Waals surface area contributed by atoms with Crippen molar-refractivity contribution in [3.05, 3.63) is 65.0 Å². The minimum Gasteiger partial charge on any atom is -0.497 e. The number of methoxy groups -OCH3 is 2. The van der Waals surface area contributed by atoms with E-state index < -0.39 is 17.0 Å². The molecule has 0 radical (unpaired) electrons. The SMILES string of the molecule is COc1ccc(OC)c(NC(=O)c2ccc(-n3nc(C)c4c3CC(C)(C)C(=O)C4=O)cc2)c1. The van der Waals surface area contributed by atoms with Crippen LogP contribution in [0.15, 0.2) is 42.5 Å². The molecule has 1 aromatic heterocycles. The number of carbonyl (C=O) groups is 3. The quantitative estimate of drug-likeness (QED) is 0.598. The highest BCUT2D eigenvalue weighted by Crippen LogP contribution is 2.35. The number of nitrogens with one attached hydrogen (secondary N) is 1. The number of benzene rings is 2. The third-order valence-electron chi connectivity index (χ3n) is 5.84. The first kappa shape index (κ1) is 22.3. The van der Waals surface area contributed by atoms with E-state index in [1.54, 1.807) is 75.0 Å². The van der Waals surface area contributed by atoms with E-state index in [-0.39, 0.29) is 5.91 Å². The summed E-state index contributed by atoms with van der Waals surface area (Å²) in [5.74, 6) is -0.0861. The number of Topliss-reactive ketones (excluding diaryl/α,β-unsaturated/α-hetero) is 2. The lowest BCUT2D eigenvalue weighted by molar-refractivity contribution is -0.123. The van der Waals surface area contributed by atoms with Crippen LogP contribution in [0.25, 0.3) is 5.69 Å². The van der Waals surface area contributed by atoms with Crippen molar-refractivity contribution in [1.82, 2.24) is 9.78 Å². The van der Waals surface area contributed by atoms with E-state index in [4.69, 9.17) is 9.47 Å². The lowest BCUT2D eigenvalue weighted by Crippen LogP contribution is -2.39. The molecule has 0 bridgehead atoms. The Morgan fingerprint density at radius 1 is 1.06 bits per heavy atom. The number of anilines is 1. The highest BCUT2D eigenvalue weighted by atomic mass is 16.5. The van der Waals surface area contributed by atoms with Crippen molar-refractivity contribution in [3.63, 3.8) is 0 Å². The second-order valence-corrected chi connectivity index (χ2v) is 8.61. The van der Waals surface area contributed by atoms with Crippen LogP contribution in [0.1, 0.15) is 46.0 Å². The van der Waals surface area contributed by atoms with Crippen LogP contribution in [0.3, 0.4) is 0 Å². The van der Waals surface area contributed by atoms with Gasteiger partial charge in [0.25, 0.3) is 5.91 Å². The Kier molecular flexibility index (Phi) is 5.53. The molecule has 3 aromatic rings. The lowest BCUT2D eigenvalue weighted by atomic mass is 9.74. The van der Waals surface area contributed by atoms with Crippen LogP contribution in [0, 0.1) is 12.3 Å². The van der Waals surface area contributed by atoms with Gasteiger partial charge in [-0.15, -0.1) is 0 Å². The highest BCUT2D eigenvalue weighted by Gasteiger charge is 2.43. The van der Waals surface area contributed by atoms with E-state index in [2.05, 4.69) is 10.4 Å². The summed E-state index contributed by atoms with van der Waals surface area (Å²) in [6, 6.07) is 12.0. The van der Waals surface area contributed by atoms with E-state index >= 15 is 0 Å². The molecular weight excluding hydrogens is 422 g/mol. The van der Waals surface area contributed by atoms with E-state index in [1.165, 1.54) is 7.11 Å². The fourth-order valence-corrected chi connectivity index (χ4v) is 4.03. The van der Waals surface area contributed by atoms with Crippen molar-refractivity contribution in [2.75, 3.05) is 19.5 Å². The van der Waals surface area contributed by atoms with Crippen LogP contribution in [0.4, 0.5) is 5.69 Å². The number of amides is 1. The van der Waals surface area contributed by atoms with Crippen LogP contribution in [-0.2, 0) is 11.2 Å². The summed E-state index contributed by atoms with van der Waals surface area (Å²) in [4.78, 5) is 37.9. The maximum absolute atomic E-state index is 12.8. The van der Waals surface area contributed by atoms with Gasteiger partial charge in [-0.05, 0) is 43.3 Å². The number of ether oxygens (including phenoxy) is 2. The van der Waals surface area contributed by atoms with Crippen LogP contribution in [-0.4, -0.2) is 41.5 Å². The van der Waals surface area contributed by atoms with Gasteiger partial charge < -0.3 is 14.8 Å². The zero-order valence-electron chi connectivity index (χ0n) is 19.2. The number of nitrogens with zero attached hydrogens (tertiary/aromatic N) is 2. The molecule has 1 N–H and O–H groups in total. The monoisotopic (exact) mass is 447 g/mol. The summed E-state index contributed by atoms with van der Waals surface area (Å²) in [6.45, 7) is 5.26. The third-order valence-corrected chi connectivity index (χ3v) is 5.84. The molecule has 1 aliphatic rings. The Morgan fingerprint density at radius 3 is 2.39 bits per heavy atom. The van der Waals surface area contributed by atoms with Crippen LogP contribution < -0.4 is 14.8 Å². The summed E-state index contributed by atoms with van der Waals surface area (Å²) in [5, 5.41) is 7.35. The number of hydrogen-bond donors (Lipinski definition) is 1.